The average molecular weight is 466 g/mol. The summed E-state index contributed by atoms with van der Waals surface area (Å²) >= 11 is 0. The summed E-state index contributed by atoms with van der Waals surface area (Å²) in [5.41, 5.74) is 7.57. The lowest BCUT2D eigenvalue weighted by atomic mass is 9.77. The van der Waals surface area contributed by atoms with E-state index in [-0.39, 0.29) is 18.7 Å². The van der Waals surface area contributed by atoms with Crippen molar-refractivity contribution in [2.24, 2.45) is 0 Å². The Morgan fingerprint density at radius 1 is 1.06 bits per heavy atom. The zero-order valence-electron chi connectivity index (χ0n) is 20.2. The third kappa shape index (κ3) is 5.98. The van der Waals surface area contributed by atoms with E-state index in [1.165, 1.54) is 7.11 Å². The number of alkyl carbamates (subject to hydrolysis) is 1. The minimum atomic E-state index is -0.710. The summed E-state index contributed by atoms with van der Waals surface area (Å²) in [6, 6.07) is 14.4. The number of amides is 1. The maximum Gasteiger partial charge on any atom is 0.492 e. The third-order valence-electron chi connectivity index (χ3n) is 6.04. The van der Waals surface area contributed by atoms with E-state index in [0.29, 0.717) is 16.7 Å². The number of nitrogens with two attached hydrogens (primary N) is 1. The quantitative estimate of drug-likeness (QED) is 0.361. The summed E-state index contributed by atoms with van der Waals surface area (Å²) in [5, 5.41) is 2.76. The zero-order valence-corrected chi connectivity index (χ0v) is 20.2. The molecule has 180 valence electrons. The second-order valence-electron chi connectivity index (χ2n) is 9.06. The fraction of sp³-hybridized carbons (Fsp3) is 0.360. The Morgan fingerprint density at radius 2 is 1.71 bits per heavy atom. The molecule has 1 fully saturated rings. The molecule has 0 bridgehead atoms. The number of benzene rings is 2. The highest BCUT2D eigenvalue weighted by molar-refractivity contribution is 6.56. The fourth-order valence-corrected chi connectivity index (χ4v) is 3.31. The number of methoxy groups -OCH3 is 1. The molecule has 0 saturated carbocycles. The first-order valence-corrected chi connectivity index (χ1v) is 11.0. The summed E-state index contributed by atoms with van der Waals surface area (Å²) in [7, 11) is 0.587. The van der Waals surface area contributed by atoms with Crippen LogP contribution in [-0.2, 0) is 25.4 Å². The number of carbonyl (C=O) groups is 2. The molecule has 1 amide bonds. The van der Waals surface area contributed by atoms with Gasteiger partial charge >= 0.3 is 19.2 Å². The fourth-order valence-electron chi connectivity index (χ4n) is 3.31. The topological polar surface area (TPSA) is 109 Å². The predicted molar refractivity (Wildman–Crippen MR) is 131 cm³/mol. The van der Waals surface area contributed by atoms with Gasteiger partial charge in [0.25, 0.3) is 0 Å². The number of nitrogens with one attached hydrogen (secondary N) is 1. The zero-order chi connectivity index (χ0) is 24.9. The highest BCUT2D eigenvalue weighted by Gasteiger charge is 2.52. The smallest absolute Gasteiger partial charge is 0.465 e. The summed E-state index contributed by atoms with van der Waals surface area (Å²) < 4.78 is 22.5. The van der Waals surface area contributed by atoms with Crippen molar-refractivity contribution in [3.8, 4) is 0 Å². The lowest BCUT2D eigenvalue weighted by molar-refractivity contribution is 0.00578. The summed E-state index contributed by atoms with van der Waals surface area (Å²) in [4.78, 5) is 24.4. The lowest BCUT2D eigenvalue weighted by Crippen LogP contribution is -2.41. The molecule has 34 heavy (non-hydrogen) atoms. The van der Waals surface area contributed by atoms with Crippen LogP contribution in [0.2, 0.25) is 0 Å². The molecule has 0 aliphatic carbocycles. The van der Waals surface area contributed by atoms with Crippen LogP contribution in [0.15, 0.2) is 54.0 Å². The van der Waals surface area contributed by atoms with Gasteiger partial charge in [0, 0.05) is 12.2 Å². The van der Waals surface area contributed by atoms with E-state index in [1.54, 1.807) is 24.3 Å². The Hall–Kier alpha value is -3.30. The van der Waals surface area contributed by atoms with Crippen molar-refractivity contribution >= 4 is 30.9 Å². The number of esters is 1. The van der Waals surface area contributed by atoms with E-state index in [0.717, 1.165) is 5.56 Å². The van der Waals surface area contributed by atoms with Crippen LogP contribution < -0.4 is 11.1 Å². The van der Waals surface area contributed by atoms with Gasteiger partial charge in [-0.3, -0.25) is 0 Å². The van der Waals surface area contributed by atoms with E-state index in [9.17, 15) is 9.59 Å². The number of hydrogen-bond acceptors (Lipinski definition) is 7. The van der Waals surface area contributed by atoms with E-state index >= 15 is 0 Å². The molecule has 0 atom stereocenters. The van der Waals surface area contributed by atoms with Crippen LogP contribution in [0.4, 0.5) is 10.5 Å². The summed E-state index contributed by atoms with van der Waals surface area (Å²) in [5.74, 6) is -0.535. The molecule has 0 unspecified atom stereocenters. The van der Waals surface area contributed by atoms with Gasteiger partial charge in [-0.2, -0.15) is 0 Å². The molecule has 2 aromatic rings. The molecular formula is C25H31BN2O6. The van der Waals surface area contributed by atoms with Gasteiger partial charge in [0.05, 0.1) is 23.9 Å². The van der Waals surface area contributed by atoms with Gasteiger partial charge in [0.2, 0.25) is 0 Å². The second kappa shape index (κ2) is 10.3. The first-order valence-electron chi connectivity index (χ1n) is 11.0. The van der Waals surface area contributed by atoms with Crippen molar-refractivity contribution in [2.75, 3.05) is 19.4 Å². The first-order chi connectivity index (χ1) is 16.0. The molecule has 2 aromatic carbocycles. The van der Waals surface area contributed by atoms with Crippen molar-refractivity contribution in [2.45, 2.75) is 45.5 Å². The summed E-state index contributed by atoms with van der Waals surface area (Å²) in [6.45, 7) is 8.07. The van der Waals surface area contributed by atoms with Crippen LogP contribution in [0.3, 0.4) is 0 Å². The van der Waals surface area contributed by atoms with Crippen LogP contribution in [0.5, 0.6) is 0 Å². The minimum Gasteiger partial charge on any atom is -0.465 e. The number of anilines is 1. The number of carbonyl (C=O) groups excluding carboxylic acids is 2. The van der Waals surface area contributed by atoms with Crippen LogP contribution >= 0.6 is 0 Å². The number of rotatable bonds is 7. The highest BCUT2D eigenvalue weighted by atomic mass is 16.7. The van der Waals surface area contributed by atoms with Crippen molar-refractivity contribution < 1.29 is 28.4 Å². The van der Waals surface area contributed by atoms with Gasteiger partial charge in [-0.05, 0) is 56.4 Å². The largest absolute Gasteiger partial charge is 0.492 e. The maximum absolute atomic E-state index is 12.3. The molecule has 9 heteroatoms. The summed E-state index contributed by atoms with van der Waals surface area (Å²) in [6.07, 6.45) is 1.23. The van der Waals surface area contributed by atoms with E-state index < -0.39 is 30.4 Å². The Morgan fingerprint density at radius 3 is 2.32 bits per heavy atom. The van der Waals surface area contributed by atoms with Gasteiger partial charge in [0.15, 0.2) is 0 Å². The van der Waals surface area contributed by atoms with Crippen LogP contribution in [0, 0.1) is 0 Å². The molecule has 8 nitrogen and oxygen atoms in total. The van der Waals surface area contributed by atoms with Gasteiger partial charge in [-0.15, -0.1) is 0 Å². The predicted octanol–water partition coefficient (Wildman–Crippen LogP) is 4.00. The Bertz CT molecular complexity index is 1050. The first kappa shape index (κ1) is 25.3. The van der Waals surface area contributed by atoms with Gasteiger partial charge in [-0.25, -0.2) is 9.59 Å². The highest BCUT2D eigenvalue weighted by Crippen LogP contribution is 2.38. The molecule has 0 spiro atoms. The van der Waals surface area contributed by atoms with Crippen LogP contribution in [0.1, 0.15) is 49.2 Å². The van der Waals surface area contributed by atoms with E-state index in [1.807, 2.05) is 58.0 Å². The SMILES string of the molecule is COC(=O)c1cc(C=C(CNC(=O)OCc2ccccc2)B2OC(C)(C)C(C)(C)O2)ccc1N. The van der Waals surface area contributed by atoms with Gasteiger partial charge in [-0.1, -0.05) is 42.5 Å². The number of ether oxygens (including phenoxy) is 2. The minimum absolute atomic E-state index is 0.113. The Labute approximate surface area is 200 Å². The third-order valence-corrected chi connectivity index (χ3v) is 6.04. The van der Waals surface area contributed by atoms with Gasteiger partial charge < -0.3 is 29.8 Å². The lowest BCUT2D eigenvalue weighted by Gasteiger charge is -2.32. The Balaban J connectivity index is 1.80. The standard InChI is InChI=1S/C25H31BN2O6/c1-24(2)25(3,4)34-26(33-24)19(13-18-11-12-21(27)20(14-18)22(29)31-5)15-28-23(30)32-16-17-9-7-6-8-10-17/h6-14H,15-16,27H2,1-5H3,(H,28,30). The maximum atomic E-state index is 12.3. The van der Waals surface area contributed by atoms with E-state index in [2.05, 4.69) is 5.32 Å². The molecule has 1 saturated heterocycles. The van der Waals surface area contributed by atoms with Crippen LogP contribution in [0.25, 0.3) is 6.08 Å². The van der Waals surface area contributed by atoms with Crippen molar-refractivity contribution in [1.82, 2.24) is 5.32 Å². The van der Waals surface area contributed by atoms with Crippen LogP contribution in [-0.4, -0.2) is 44.0 Å². The number of hydrogen-bond donors (Lipinski definition) is 2. The molecule has 1 aliphatic rings. The molecule has 1 aliphatic heterocycles. The molecule has 3 rings (SSSR count). The van der Waals surface area contributed by atoms with E-state index in [4.69, 9.17) is 24.5 Å². The molecule has 0 aromatic heterocycles. The average Bonchev–Trinajstić information content (AvgIpc) is 3.03. The van der Waals surface area contributed by atoms with Crippen molar-refractivity contribution in [3.05, 3.63) is 70.7 Å². The number of nitrogen functional groups attached to an aromatic ring is 1. The second-order valence-corrected chi connectivity index (χ2v) is 9.06. The normalized spacial score (nSPS) is 16.7. The van der Waals surface area contributed by atoms with Crippen molar-refractivity contribution in [1.29, 1.82) is 0 Å². The van der Waals surface area contributed by atoms with Gasteiger partial charge in [0.1, 0.15) is 6.61 Å². The molecule has 1 heterocycles. The monoisotopic (exact) mass is 466 g/mol. The molecule has 3 N–H and O–H groups in total. The Kier molecular flexibility index (Phi) is 7.69. The van der Waals surface area contributed by atoms with Crippen molar-refractivity contribution in [3.63, 3.8) is 0 Å². The molecule has 0 radical (unpaired) electrons. The molecular weight excluding hydrogens is 435 g/mol.